The third-order valence-corrected chi connectivity index (χ3v) is 3.70. The summed E-state index contributed by atoms with van der Waals surface area (Å²) in [4.78, 5) is 2.39. The fraction of sp³-hybridized carbons (Fsp3) is 0.625. The van der Waals surface area contributed by atoms with Gasteiger partial charge in [-0.2, -0.15) is 0 Å². The van der Waals surface area contributed by atoms with Crippen LogP contribution in [0, 0.1) is 0 Å². The Hall–Kier alpha value is -0.900. The lowest BCUT2D eigenvalue weighted by molar-refractivity contribution is 0.0224. The van der Waals surface area contributed by atoms with Crippen molar-refractivity contribution in [2.45, 2.75) is 45.3 Å². The van der Waals surface area contributed by atoms with Gasteiger partial charge in [-0.1, -0.05) is 37.3 Å². The third-order valence-electron chi connectivity index (χ3n) is 3.70. The van der Waals surface area contributed by atoms with Crippen molar-refractivity contribution in [3.63, 3.8) is 0 Å². The molecule has 1 atom stereocenters. The van der Waals surface area contributed by atoms with Gasteiger partial charge in [0.15, 0.2) is 0 Å². The maximum Gasteiger partial charge on any atom is 0.103 e. The summed E-state index contributed by atoms with van der Waals surface area (Å²) in [5, 5.41) is 10.7. The lowest BCUT2D eigenvalue weighted by Gasteiger charge is -2.32. The lowest BCUT2D eigenvalue weighted by atomic mass is 9.90. The van der Waals surface area contributed by atoms with Crippen molar-refractivity contribution < 1.29 is 5.11 Å². The van der Waals surface area contributed by atoms with Gasteiger partial charge in [0.05, 0.1) is 0 Å². The van der Waals surface area contributed by atoms with Crippen molar-refractivity contribution >= 4 is 0 Å². The summed E-state index contributed by atoms with van der Waals surface area (Å²) in [6.45, 7) is 8.76. The van der Waals surface area contributed by atoms with E-state index in [9.17, 15) is 5.11 Å². The van der Waals surface area contributed by atoms with Crippen LogP contribution in [0.3, 0.4) is 0 Å². The molecular weight excluding hydrogens is 236 g/mol. The van der Waals surface area contributed by atoms with Crippen LogP contribution in [0.25, 0.3) is 0 Å². The van der Waals surface area contributed by atoms with E-state index < -0.39 is 5.60 Å². The zero-order valence-corrected chi connectivity index (χ0v) is 12.5. The molecule has 19 heavy (non-hydrogen) atoms. The summed E-state index contributed by atoms with van der Waals surface area (Å²) in [7, 11) is 0. The number of nitrogens with two attached hydrogens (primary N) is 1. The van der Waals surface area contributed by atoms with Crippen LogP contribution in [-0.4, -0.2) is 35.7 Å². The first-order valence-corrected chi connectivity index (χ1v) is 7.25. The van der Waals surface area contributed by atoms with E-state index in [1.54, 1.807) is 0 Å². The quantitative estimate of drug-likeness (QED) is 0.758. The van der Waals surface area contributed by atoms with Gasteiger partial charge in [-0.05, 0) is 38.8 Å². The Morgan fingerprint density at radius 2 is 1.84 bits per heavy atom. The van der Waals surface area contributed by atoms with Gasteiger partial charge in [0, 0.05) is 19.1 Å². The Bertz CT molecular complexity index is 353. The van der Waals surface area contributed by atoms with Crippen LogP contribution >= 0.6 is 0 Å². The number of aliphatic hydroxyl groups is 1. The number of benzene rings is 1. The van der Waals surface area contributed by atoms with E-state index in [1.165, 1.54) is 0 Å². The second kappa shape index (κ2) is 7.63. The molecule has 1 aromatic carbocycles. The Labute approximate surface area is 117 Å². The molecule has 1 aromatic rings. The lowest BCUT2D eigenvalue weighted by Crippen LogP contribution is -2.41. The number of hydrogen-bond acceptors (Lipinski definition) is 3. The Balaban J connectivity index is 2.71. The first-order chi connectivity index (χ1) is 9.03. The zero-order chi connectivity index (χ0) is 14.3. The molecule has 108 valence electrons. The average Bonchev–Trinajstić information content (AvgIpc) is 2.43. The number of rotatable bonds is 8. The van der Waals surface area contributed by atoms with Crippen molar-refractivity contribution in [2.24, 2.45) is 5.73 Å². The largest absolute Gasteiger partial charge is 0.384 e. The van der Waals surface area contributed by atoms with Gasteiger partial charge in [0.25, 0.3) is 0 Å². The van der Waals surface area contributed by atoms with Gasteiger partial charge in [-0.3, -0.25) is 0 Å². The standard InChI is InChI=1S/C16H28N2O/c1-4-11-18(14(2)3)12-10-16(19,13-17)15-8-6-5-7-9-15/h5-9,14,19H,4,10-13,17H2,1-3H3. The van der Waals surface area contributed by atoms with Gasteiger partial charge in [0.1, 0.15) is 5.60 Å². The Kier molecular flexibility index (Phi) is 6.49. The molecule has 0 aliphatic heterocycles. The molecule has 0 aliphatic rings. The van der Waals surface area contributed by atoms with Crippen LogP contribution in [0.2, 0.25) is 0 Å². The Morgan fingerprint density at radius 3 is 2.32 bits per heavy atom. The molecule has 0 aromatic heterocycles. The second-order valence-corrected chi connectivity index (χ2v) is 5.48. The molecule has 3 heteroatoms. The van der Waals surface area contributed by atoms with Gasteiger partial charge in [-0.25, -0.2) is 0 Å². The molecule has 3 N–H and O–H groups in total. The predicted octanol–water partition coefficient (Wildman–Crippen LogP) is 2.34. The van der Waals surface area contributed by atoms with E-state index in [0.29, 0.717) is 12.5 Å². The van der Waals surface area contributed by atoms with Crippen molar-refractivity contribution in [1.82, 2.24) is 4.90 Å². The number of nitrogens with zero attached hydrogens (tertiary/aromatic N) is 1. The number of hydrogen-bond donors (Lipinski definition) is 2. The minimum Gasteiger partial charge on any atom is -0.384 e. The van der Waals surface area contributed by atoms with Crippen LogP contribution in [-0.2, 0) is 5.60 Å². The second-order valence-electron chi connectivity index (χ2n) is 5.48. The molecule has 0 amide bonds. The molecule has 1 unspecified atom stereocenters. The van der Waals surface area contributed by atoms with Crippen LogP contribution < -0.4 is 5.73 Å². The molecule has 3 nitrogen and oxygen atoms in total. The highest BCUT2D eigenvalue weighted by atomic mass is 16.3. The van der Waals surface area contributed by atoms with E-state index in [1.807, 2.05) is 30.3 Å². The fourth-order valence-corrected chi connectivity index (χ4v) is 2.36. The maximum absolute atomic E-state index is 10.7. The first-order valence-electron chi connectivity index (χ1n) is 7.25. The summed E-state index contributed by atoms with van der Waals surface area (Å²) in [5.41, 5.74) is 5.81. The predicted molar refractivity (Wildman–Crippen MR) is 81.0 cm³/mol. The van der Waals surface area contributed by atoms with Gasteiger partial charge in [-0.15, -0.1) is 0 Å². The van der Waals surface area contributed by atoms with E-state index in [4.69, 9.17) is 5.73 Å². The molecule has 0 saturated heterocycles. The van der Waals surface area contributed by atoms with E-state index >= 15 is 0 Å². The van der Waals surface area contributed by atoms with Crippen LogP contribution in [0.1, 0.15) is 39.2 Å². The van der Waals surface area contributed by atoms with Crippen molar-refractivity contribution in [3.05, 3.63) is 35.9 Å². The van der Waals surface area contributed by atoms with Crippen LogP contribution in [0.4, 0.5) is 0 Å². The average molecular weight is 264 g/mol. The van der Waals surface area contributed by atoms with Crippen LogP contribution in [0.15, 0.2) is 30.3 Å². The van der Waals surface area contributed by atoms with Gasteiger partial charge in [0.2, 0.25) is 0 Å². The molecule has 0 fully saturated rings. The van der Waals surface area contributed by atoms with Crippen molar-refractivity contribution in [2.75, 3.05) is 19.6 Å². The maximum atomic E-state index is 10.7. The topological polar surface area (TPSA) is 49.5 Å². The molecular formula is C16H28N2O. The SMILES string of the molecule is CCCN(CCC(O)(CN)c1ccccc1)C(C)C. The highest BCUT2D eigenvalue weighted by Crippen LogP contribution is 2.24. The minimum absolute atomic E-state index is 0.259. The monoisotopic (exact) mass is 264 g/mol. The smallest absolute Gasteiger partial charge is 0.103 e. The summed E-state index contributed by atoms with van der Waals surface area (Å²) in [6, 6.07) is 10.2. The Morgan fingerprint density at radius 1 is 1.21 bits per heavy atom. The van der Waals surface area contributed by atoms with Crippen LogP contribution in [0.5, 0.6) is 0 Å². The minimum atomic E-state index is -0.915. The normalized spacial score (nSPS) is 14.9. The molecule has 0 radical (unpaired) electrons. The van der Waals surface area contributed by atoms with Crippen molar-refractivity contribution in [1.29, 1.82) is 0 Å². The summed E-state index contributed by atoms with van der Waals surface area (Å²) < 4.78 is 0. The van der Waals surface area contributed by atoms with Gasteiger partial charge >= 0.3 is 0 Å². The highest BCUT2D eigenvalue weighted by molar-refractivity contribution is 5.22. The van der Waals surface area contributed by atoms with E-state index in [-0.39, 0.29) is 6.54 Å². The summed E-state index contributed by atoms with van der Waals surface area (Å²) in [5.74, 6) is 0. The van der Waals surface area contributed by atoms with E-state index in [2.05, 4.69) is 25.7 Å². The molecule has 0 bridgehead atoms. The molecule has 0 heterocycles. The molecule has 1 rings (SSSR count). The van der Waals surface area contributed by atoms with E-state index in [0.717, 1.165) is 25.1 Å². The fourth-order valence-electron chi connectivity index (χ4n) is 2.36. The van der Waals surface area contributed by atoms with Crippen molar-refractivity contribution in [3.8, 4) is 0 Å². The first kappa shape index (κ1) is 16.2. The molecule has 0 spiro atoms. The highest BCUT2D eigenvalue weighted by Gasteiger charge is 2.28. The zero-order valence-electron chi connectivity index (χ0n) is 12.5. The third kappa shape index (κ3) is 4.60. The summed E-state index contributed by atoms with van der Waals surface area (Å²) >= 11 is 0. The molecule has 0 aliphatic carbocycles. The van der Waals surface area contributed by atoms with Gasteiger partial charge < -0.3 is 15.7 Å². The molecule has 0 saturated carbocycles. The summed E-state index contributed by atoms with van der Waals surface area (Å²) in [6.07, 6.45) is 1.80.